The molecule has 5 heteroatoms. The Morgan fingerprint density at radius 1 is 1.50 bits per heavy atom. The number of carbonyl (C=O) groups excluding carboxylic acids is 1. The van der Waals surface area contributed by atoms with Gasteiger partial charge in [0.1, 0.15) is 0 Å². The summed E-state index contributed by atoms with van der Waals surface area (Å²) in [6.45, 7) is 3.59. The van der Waals surface area contributed by atoms with Gasteiger partial charge >= 0.3 is 0 Å². The first-order valence-corrected chi connectivity index (χ1v) is 6.31. The van der Waals surface area contributed by atoms with E-state index < -0.39 is 0 Å². The van der Waals surface area contributed by atoms with Gasteiger partial charge in [-0.1, -0.05) is 0 Å². The van der Waals surface area contributed by atoms with E-state index in [-0.39, 0.29) is 5.91 Å². The summed E-state index contributed by atoms with van der Waals surface area (Å²) < 4.78 is 4.96. The van der Waals surface area contributed by atoms with E-state index in [4.69, 9.17) is 4.42 Å². The van der Waals surface area contributed by atoms with Crippen LogP contribution in [-0.2, 0) is 11.3 Å². The lowest BCUT2D eigenvalue weighted by molar-refractivity contribution is -0.122. The van der Waals surface area contributed by atoms with E-state index in [0.29, 0.717) is 19.0 Å². The third-order valence-corrected chi connectivity index (χ3v) is 3.47. The number of furan rings is 1. The number of piperazine rings is 1. The summed E-state index contributed by atoms with van der Waals surface area (Å²) in [5, 5.41) is 2.92. The van der Waals surface area contributed by atoms with Gasteiger partial charge < -0.3 is 19.5 Å². The average molecular weight is 251 g/mol. The lowest BCUT2D eigenvalue weighted by Gasteiger charge is -2.37. The van der Waals surface area contributed by atoms with Crippen LogP contribution in [0.4, 0.5) is 0 Å². The number of nitrogens with zero attached hydrogens (tertiary/aromatic N) is 2. The summed E-state index contributed by atoms with van der Waals surface area (Å²) in [6.07, 6.45) is 3.82. The molecule has 0 saturated carbocycles. The molecular weight excluding hydrogens is 230 g/mol. The summed E-state index contributed by atoms with van der Waals surface area (Å²) in [5.74, 6) is 0.100. The largest absolute Gasteiger partial charge is 0.472 e. The van der Waals surface area contributed by atoms with Gasteiger partial charge in [-0.2, -0.15) is 0 Å². The molecule has 1 aliphatic heterocycles. The summed E-state index contributed by atoms with van der Waals surface area (Å²) in [5.41, 5.74) is 0.998. The van der Waals surface area contributed by atoms with Gasteiger partial charge in [0.15, 0.2) is 0 Å². The maximum Gasteiger partial charge on any atom is 0.221 e. The summed E-state index contributed by atoms with van der Waals surface area (Å²) in [7, 11) is 4.18. The smallest absolute Gasteiger partial charge is 0.221 e. The van der Waals surface area contributed by atoms with Gasteiger partial charge in [0.05, 0.1) is 12.5 Å². The van der Waals surface area contributed by atoms with Crippen LogP contribution in [0.5, 0.6) is 0 Å². The number of rotatable bonds is 4. The van der Waals surface area contributed by atoms with Crippen molar-refractivity contribution < 1.29 is 9.21 Å². The second-order valence-corrected chi connectivity index (χ2v) is 5.01. The second kappa shape index (κ2) is 6.02. The normalized spacial score (nSPS) is 22.0. The van der Waals surface area contributed by atoms with Crippen LogP contribution in [0.15, 0.2) is 23.0 Å². The molecule has 0 aromatic carbocycles. The van der Waals surface area contributed by atoms with Crippen molar-refractivity contribution in [2.75, 3.05) is 33.7 Å². The number of hydrogen-bond donors (Lipinski definition) is 1. The predicted octanol–water partition coefficient (Wildman–Crippen LogP) is 0.532. The lowest BCUT2D eigenvalue weighted by atomic mass is 10.1. The number of amides is 1. The SMILES string of the molecule is CN1CCN(C)[C@H](CC(=O)NCc2ccoc2)C1. The Morgan fingerprint density at radius 3 is 3.06 bits per heavy atom. The van der Waals surface area contributed by atoms with Crippen LogP contribution in [0.2, 0.25) is 0 Å². The number of likely N-dealkylation sites (N-methyl/N-ethyl adjacent to an activating group) is 2. The topological polar surface area (TPSA) is 48.7 Å². The van der Waals surface area contributed by atoms with Gasteiger partial charge in [-0.05, 0) is 20.2 Å². The Hall–Kier alpha value is -1.33. The Labute approximate surface area is 108 Å². The molecule has 1 saturated heterocycles. The van der Waals surface area contributed by atoms with Crippen molar-refractivity contribution in [1.82, 2.24) is 15.1 Å². The van der Waals surface area contributed by atoms with Crippen molar-refractivity contribution in [3.05, 3.63) is 24.2 Å². The molecule has 1 fully saturated rings. The molecule has 0 bridgehead atoms. The van der Waals surface area contributed by atoms with Crippen LogP contribution in [-0.4, -0.2) is 55.5 Å². The predicted molar refractivity (Wildman–Crippen MR) is 69.1 cm³/mol. The van der Waals surface area contributed by atoms with Crippen LogP contribution < -0.4 is 5.32 Å². The first kappa shape index (κ1) is 13.1. The molecule has 1 atom stereocenters. The monoisotopic (exact) mass is 251 g/mol. The number of nitrogens with one attached hydrogen (secondary N) is 1. The zero-order valence-electron chi connectivity index (χ0n) is 11.1. The molecule has 0 spiro atoms. The molecule has 2 rings (SSSR count). The highest BCUT2D eigenvalue weighted by molar-refractivity contribution is 5.76. The number of hydrogen-bond acceptors (Lipinski definition) is 4. The zero-order chi connectivity index (χ0) is 13.0. The highest BCUT2D eigenvalue weighted by Crippen LogP contribution is 2.09. The molecule has 100 valence electrons. The van der Waals surface area contributed by atoms with Crippen LogP contribution in [0.25, 0.3) is 0 Å². The molecule has 0 unspecified atom stereocenters. The van der Waals surface area contributed by atoms with E-state index in [2.05, 4.69) is 29.2 Å². The minimum Gasteiger partial charge on any atom is -0.472 e. The van der Waals surface area contributed by atoms with Crippen LogP contribution in [0.3, 0.4) is 0 Å². The van der Waals surface area contributed by atoms with E-state index in [1.54, 1.807) is 12.5 Å². The maximum absolute atomic E-state index is 11.9. The molecule has 1 N–H and O–H groups in total. The third-order valence-electron chi connectivity index (χ3n) is 3.47. The maximum atomic E-state index is 11.9. The van der Waals surface area contributed by atoms with Gasteiger partial charge in [0, 0.05) is 44.2 Å². The van der Waals surface area contributed by atoms with Gasteiger partial charge in [-0.15, -0.1) is 0 Å². The van der Waals surface area contributed by atoms with Gasteiger partial charge in [0.2, 0.25) is 5.91 Å². The highest BCUT2D eigenvalue weighted by atomic mass is 16.3. The molecular formula is C13H21N3O2. The standard InChI is InChI=1S/C13H21N3O2/c1-15-4-5-16(2)12(9-15)7-13(17)14-8-11-3-6-18-10-11/h3,6,10,12H,4-5,7-9H2,1-2H3,(H,14,17)/t12-/m1/s1. The Kier molecular flexibility index (Phi) is 4.38. The Morgan fingerprint density at radius 2 is 2.33 bits per heavy atom. The second-order valence-electron chi connectivity index (χ2n) is 5.01. The molecule has 1 aromatic heterocycles. The first-order chi connectivity index (χ1) is 8.65. The fourth-order valence-electron chi connectivity index (χ4n) is 2.20. The average Bonchev–Trinajstić information content (AvgIpc) is 2.84. The van der Waals surface area contributed by atoms with Crippen LogP contribution in [0, 0.1) is 0 Å². The Bertz CT molecular complexity index is 378. The van der Waals surface area contributed by atoms with Gasteiger partial charge in [0.25, 0.3) is 0 Å². The molecule has 2 heterocycles. The van der Waals surface area contributed by atoms with E-state index >= 15 is 0 Å². The quantitative estimate of drug-likeness (QED) is 0.848. The molecule has 1 aromatic rings. The summed E-state index contributed by atoms with van der Waals surface area (Å²) in [6, 6.07) is 2.17. The van der Waals surface area contributed by atoms with Crippen molar-refractivity contribution >= 4 is 5.91 Å². The fraction of sp³-hybridized carbons (Fsp3) is 0.615. The highest BCUT2D eigenvalue weighted by Gasteiger charge is 2.24. The molecule has 18 heavy (non-hydrogen) atoms. The number of carbonyl (C=O) groups is 1. The third kappa shape index (κ3) is 3.58. The van der Waals surface area contributed by atoms with Gasteiger partial charge in [-0.25, -0.2) is 0 Å². The summed E-state index contributed by atoms with van der Waals surface area (Å²) >= 11 is 0. The van der Waals surface area contributed by atoms with Crippen molar-refractivity contribution in [3.8, 4) is 0 Å². The molecule has 0 radical (unpaired) electrons. The summed E-state index contributed by atoms with van der Waals surface area (Å²) in [4.78, 5) is 16.4. The molecule has 1 aliphatic rings. The lowest BCUT2D eigenvalue weighted by Crippen LogP contribution is -2.51. The molecule has 5 nitrogen and oxygen atoms in total. The van der Waals surface area contributed by atoms with Gasteiger partial charge in [-0.3, -0.25) is 4.79 Å². The van der Waals surface area contributed by atoms with Crippen molar-refractivity contribution in [1.29, 1.82) is 0 Å². The van der Waals surface area contributed by atoms with E-state index in [0.717, 1.165) is 25.2 Å². The van der Waals surface area contributed by atoms with Crippen molar-refractivity contribution in [2.24, 2.45) is 0 Å². The minimum atomic E-state index is 0.100. The van der Waals surface area contributed by atoms with Crippen molar-refractivity contribution in [3.63, 3.8) is 0 Å². The van der Waals surface area contributed by atoms with E-state index in [9.17, 15) is 4.79 Å². The van der Waals surface area contributed by atoms with Crippen molar-refractivity contribution in [2.45, 2.75) is 19.0 Å². The Balaban J connectivity index is 1.76. The van der Waals surface area contributed by atoms with Crippen LogP contribution >= 0.6 is 0 Å². The minimum absolute atomic E-state index is 0.100. The van der Waals surface area contributed by atoms with Crippen LogP contribution in [0.1, 0.15) is 12.0 Å². The molecule has 1 amide bonds. The zero-order valence-corrected chi connectivity index (χ0v) is 11.1. The van der Waals surface area contributed by atoms with E-state index in [1.807, 2.05) is 6.07 Å². The molecule has 0 aliphatic carbocycles. The fourth-order valence-corrected chi connectivity index (χ4v) is 2.20. The first-order valence-electron chi connectivity index (χ1n) is 6.31. The van der Waals surface area contributed by atoms with E-state index in [1.165, 1.54) is 0 Å².